The Balaban J connectivity index is 1.56. The molecule has 1 aliphatic rings. The van der Waals surface area contributed by atoms with Crippen LogP contribution in [0.5, 0.6) is 5.75 Å². The summed E-state index contributed by atoms with van der Waals surface area (Å²) in [5.41, 5.74) is 2.56. The topological polar surface area (TPSA) is 61.9 Å². The summed E-state index contributed by atoms with van der Waals surface area (Å²) in [6.45, 7) is 5.48. The first-order valence-corrected chi connectivity index (χ1v) is 9.88. The van der Waals surface area contributed by atoms with Crippen molar-refractivity contribution >= 4 is 23.6 Å². The Labute approximate surface area is 171 Å². The Kier molecular flexibility index (Phi) is 6.89. The van der Waals surface area contributed by atoms with E-state index in [2.05, 4.69) is 16.3 Å². The minimum Gasteiger partial charge on any atom is -0.492 e. The van der Waals surface area contributed by atoms with Crippen molar-refractivity contribution in [2.45, 2.75) is 6.92 Å². The number of para-hydroxylation sites is 2. The molecule has 0 atom stereocenters. The van der Waals surface area contributed by atoms with E-state index in [0.717, 1.165) is 30.1 Å². The van der Waals surface area contributed by atoms with Crippen molar-refractivity contribution in [3.63, 3.8) is 0 Å². The van der Waals surface area contributed by atoms with Crippen LogP contribution in [-0.2, 0) is 4.79 Å². The summed E-state index contributed by atoms with van der Waals surface area (Å²) in [6.07, 6.45) is 3.38. The van der Waals surface area contributed by atoms with Crippen LogP contribution in [-0.4, -0.2) is 56.5 Å². The predicted molar refractivity (Wildman–Crippen MR) is 115 cm³/mol. The number of hydrogen-bond donors (Lipinski definition) is 1. The van der Waals surface area contributed by atoms with Gasteiger partial charge < -0.3 is 19.9 Å². The van der Waals surface area contributed by atoms with Crippen LogP contribution in [0.25, 0.3) is 6.08 Å². The number of piperazine rings is 1. The van der Waals surface area contributed by atoms with Crippen LogP contribution in [0.4, 0.5) is 5.69 Å². The van der Waals surface area contributed by atoms with Gasteiger partial charge in [0.2, 0.25) is 5.91 Å². The summed E-state index contributed by atoms with van der Waals surface area (Å²) in [5, 5.41) is 2.59. The number of nitrogens with zero attached hydrogens (tertiary/aromatic N) is 2. The Hall–Kier alpha value is -3.28. The molecule has 1 heterocycles. The van der Waals surface area contributed by atoms with Crippen molar-refractivity contribution in [2.24, 2.45) is 0 Å². The van der Waals surface area contributed by atoms with E-state index < -0.39 is 0 Å². The number of amides is 2. The van der Waals surface area contributed by atoms with E-state index in [9.17, 15) is 9.59 Å². The van der Waals surface area contributed by atoms with Crippen molar-refractivity contribution in [2.75, 3.05) is 44.7 Å². The van der Waals surface area contributed by atoms with Gasteiger partial charge in [-0.3, -0.25) is 9.59 Å². The van der Waals surface area contributed by atoms with Crippen molar-refractivity contribution < 1.29 is 14.3 Å². The van der Waals surface area contributed by atoms with E-state index in [1.165, 1.54) is 0 Å². The number of ether oxygens (including phenoxy) is 1. The minimum absolute atomic E-state index is 0.00174. The van der Waals surface area contributed by atoms with E-state index in [4.69, 9.17) is 4.74 Å². The smallest absolute Gasteiger partial charge is 0.251 e. The largest absolute Gasteiger partial charge is 0.492 e. The van der Waals surface area contributed by atoms with Gasteiger partial charge in [0.15, 0.2) is 0 Å². The van der Waals surface area contributed by atoms with Crippen molar-refractivity contribution in [3.05, 3.63) is 65.7 Å². The molecule has 29 heavy (non-hydrogen) atoms. The number of anilines is 1. The molecule has 3 rings (SSSR count). The lowest BCUT2D eigenvalue weighted by molar-refractivity contribution is -0.126. The molecule has 2 aromatic rings. The fourth-order valence-electron chi connectivity index (χ4n) is 3.33. The summed E-state index contributed by atoms with van der Waals surface area (Å²) in [6, 6.07) is 15.2. The maximum atomic E-state index is 12.5. The molecule has 0 spiro atoms. The molecular formula is C23H27N3O3. The van der Waals surface area contributed by atoms with Crippen LogP contribution < -0.4 is 15.0 Å². The molecule has 6 heteroatoms. The van der Waals surface area contributed by atoms with Gasteiger partial charge >= 0.3 is 0 Å². The molecule has 1 saturated heterocycles. The van der Waals surface area contributed by atoms with Crippen molar-refractivity contribution in [3.8, 4) is 5.75 Å². The lowest BCUT2D eigenvalue weighted by atomic mass is 10.1. The molecular weight excluding hydrogens is 366 g/mol. The highest BCUT2D eigenvalue weighted by atomic mass is 16.5. The zero-order valence-corrected chi connectivity index (χ0v) is 16.9. The SMILES string of the molecule is CCOc1ccccc1N1CCN(C(=O)/C=C/c2ccc(C(=O)NC)cc2)CC1. The maximum Gasteiger partial charge on any atom is 0.251 e. The normalized spacial score (nSPS) is 14.1. The van der Waals surface area contributed by atoms with Gasteiger partial charge in [-0.15, -0.1) is 0 Å². The third-order valence-electron chi connectivity index (χ3n) is 4.92. The Morgan fingerprint density at radius 3 is 2.38 bits per heavy atom. The highest BCUT2D eigenvalue weighted by Crippen LogP contribution is 2.28. The highest BCUT2D eigenvalue weighted by Gasteiger charge is 2.21. The van der Waals surface area contributed by atoms with Gasteiger partial charge in [-0.1, -0.05) is 24.3 Å². The molecule has 0 aromatic heterocycles. The van der Waals surface area contributed by atoms with Gasteiger partial charge in [0.25, 0.3) is 5.91 Å². The Bertz CT molecular complexity index is 869. The summed E-state index contributed by atoms with van der Waals surface area (Å²) in [5.74, 6) is 0.758. The zero-order chi connectivity index (χ0) is 20.6. The van der Waals surface area contributed by atoms with Crippen molar-refractivity contribution in [1.29, 1.82) is 0 Å². The van der Waals surface area contributed by atoms with Gasteiger partial charge in [0.1, 0.15) is 5.75 Å². The number of carbonyl (C=O) groups excluding carboxylic acids is 2. The average molecular weight is 393 g/mol. The first-order valence-electron chi connectivity index (χ1n) is 9.88. The second kappa shape index (κ2) is 9.78. The lowest BCUT2D eigenvalue weighted by Gasteiger charge is -2.36. The second-order valence-corrected chi connectivity index (χ2v) is 6.75. The maximum absolute atomic E-state index is 12.5. The van der Waals surface area contributed by atoms with Gasteiger partial charge in [0.05, 0.1) is 12.3 Å². The number of rotatable bonds is 6. The monoisotopic (exact) mass is 393 g/mol. The molecule has 0 aliphatic carbocycles. The second-order valence-electron chi connectivity index (χ2n) is 6.75. The standard InChI is InChI=1S/C23H27N3O3/c1-3-29-21-7-5-4-6-20(21)25-14-16-26(17-15-25)22(27)13-10-18-8-11-19(12-9-18)23(28)24-2/h4-13H,3,14-17H2,1-2H3,(H,24,28)/b13-10+. The van der Waals surface area contributed by atoms with Gasteiger partial charge in [-0.2, -0.15) is 0 Å². The summed E-state index contributed by atoms with van der Waals surface area (Å²) in [7, 11) is 1.60. The van der Waals surface area contributed by atoms with Crippen LogP contribution in [0.2, 0.25) is 0 Å². The van der Waals surface area contributed by atoms with E-state index in [1.807, 2.05) is 42.2 Å². The third kappa shape index (κ3) is 5.16. The number of hydrogen-bond acceptors (Lipinski definition) is 4. The molecule has 0 bridgehead atoms. The highest BCUT2D eigenvalue weighted by molar-refractivity contribution is 5.95. The van der Waals surface area contributed by atoms with Crippen LogP contribution in [0.15, 0.2) is 54.6 Å². The molecule has 0 unspecified atom stereocenters. The predicted octanol–water partition coefficient (Wildman–Crippen LogP) is 2.81. The first-order chi connectivity index (χ1) is 14.1. The van der Waals surface area contributed by atoms with E-state index in [1.54, 1.807) is 31.3 Å². The van der Waals surface area contributed by atoms with E-state index >= 15 is 0 Å². The van der Waals surface area contributed by atoms with Crippen LogP contribution in [0, 0.1) is 0 Å². The fraction of sp³-hybridized carbons (Fsp3) is 0.304. The summed E-state index contributed by atoms with van der Waals surface area (Å²) >= 11 is 0. The Morgan fingerprint density at radius 1 is 1.03 bits per heavy atom. The Morgan fingerprint density at radius 2 is 1.72 bits per heavy atom. The van der Waals surface area contributed by atoms with E-state index in [0.29, 0.717) is 25.3 Å². The van der Waals surface area contributed by atoms with E-state index in [-0.39, 0.29) is 11.8 Å². The number of carbonyl (C=O) groups is 2. The molecule has 1 N–H and O–H groups in total. The third-order valence-corrected chi connectivity index (χ3v) is 4.92. The molecule has 2 amide bonds. The molecule has 6 nitrogen and oxygen atoms in total. The van der Waals surface area contributed by atoms with Crippen molar-refractivity contribution in [1.82, 2.24) is 10.2 Å². The molecule has 1 fully saturated rings. The summed E-state index contributed by atoms with van der Waals surface area (Å²) < 4.78 is 5.72. The minimum atomic E-state index is -0.125. The lowest BCUT2D eigenvalue weighted by Crippen LogP contribution is -2.48. The molecule has 1 aliphatic heterocycles. The van der Waals surface area contributed by atoms with Crippen LogP contribution >= 0.6 is 0 Å². The average Bonchev–Trinajstić information content (AvgIpc) is 2.78. The molecule has 0 saturated carbocycles. The molecule has 0 radical (unpaired) electrons. The van der Waals surface area contributed by atoms with Crippen LogP contribution in [0.1, 0.15) is 22.8 Å². The number of nitrogens with one attached hydrogen (secondary N) is 1. The quantitative estimate of drug-likeness (QED) is 0.767. The first kappa shape index (κ1) is 20.5. The molecule has 152 valence electrons. The molecule has 2 aromatic carbocycles. The van der Waals surface area contributed by atoms with Gasteiger partial charge in [-0.05, 0) is 42.8 Å². The number of benzene rings is 2. The van der Waals surface area contributed by atoms with Gasteiger partial charge in [-0.25, -0.2) is 0 Å². The van der Waals surface area contributed by atoms with Gasteiger partial charge in [0, 0.05) is 44.9 Å². The fourth-order valence-corrected chi connectivity index (χ4v) is 3.33. The zero-order valence-electron chi connectivity index (χ0n) is 16.9. The van der Waals surface area contributed by atoms with Crippen LogP contribution in [0.3, 0.4) is 0 Å². The summed E-state index contributed by atoms with van der Waals surface area (Å²) in [4.78, 5) is 28.2.